The van der Waals surface area contributed by atoms with Crippen LogP contribution in [0.5, 0.6) is 0 Å². The smallest absolute Gasteiger partial charge is 0.184 e. The maximum Gasteiger partial charge on any atom is 0.184 e. The predicted molar refractivity (Wildman–Crippen MR) is 163 cm³/mol. The van der Waals surface area contributed by atoms with Crippen LogP contribution in [0, 0.1) is 11.3 Å². The van der Waals surface area contributed by atoms with Crippen LogP contribution in [0.1, 0.15) is 78.8 Å². The van der Waals surface area contributed by atoms with E-state index in [-0.39, 0.29) is 11.5 Å². The van der Waals surface area contributed by atoms with Crippen molar-refractivity contribution in [3.8, 4) is 29.0 Å². The molecule has 1 spiro atoms. The van der Waals surface area contributed by atoms with Crippen molar-refractivity contribution in [3.05, 3.63) is 45.8 Å². The van der Waals surface area contributed by atoms with Crippen LogP contribution in [0.2, 0.25) is 0 Å². The minimum Gasteiger partial charge on any atom is -0.389 e. The minimum atomic E-state index is -0.384. The second-order valence-corrected chi connectivity index (χ2v) is 13.5. The summed E-state index contributed by atoms with van der Waals surface area (Å²) in [7, 11) is 4.10. The number of nitriles is 1. The number of likely N-dealkylation sites (tertiary alicyclic amines) is 1. The zero-order valence-electron chi connectivity index (χ0n) is 24.7. The topological polar surface area (TPSA) is 140 Å². The van der Waals surface area contributed by atoms with E-state index in [1.54, 1.807) is 16.0 Å². The van der Waals surface area contributed by atoms with Gasteiger partial charge in [0.25, 0.3) is 0 Å². The molecule has 1 fully saturated rings. The van der Waals surface area contributed by atoms with Crippen molar-refractivity contribution in [1.29, 1.82) is 5.26 Å². The molecule has 0 aromatic carbocycles. The van der Waals surface area contributed by atoms with Crippen LogP contribution in [0.3, 0.4) is 0 Å². The maximum absolute atomic E-state index is 10.1. The van der Waals surface area contributed by atoms with Gasteiger partial charge < -0.3 is 15.2 Å². The average molecular weight is 595 g/mol. The molecule has 11 nitrogen and oxygen atoms in total. The monoisotopic (exact) mass is 594 g/mol. The van der Waals surface area contributed by atoms with Gasteiger partial charge in [-0.2, -0.15) is 15.5 Å². The Morgan fingerprint density at radius 1 is 1.16 bits per heavy atom. The molecule has 2 aliphatic carbocycles. The molecule has 12 heteroatoms. The number of hydrogen-bond acceptors (Lipinski definition) is 10. The summed E-state index contributed by atoms with van der Waals surface area (Å²) in [4.78, 5) is 13.6. The first-order valence-corrected chi connectivity index (χ1v) is 16.0. The standard InChI is InChI=1S/C31H34N10OS/c1-17(22-8-6-13-39(22)2)41-30-20(25(37-41)21-10-14-40(3)36-21)16-34-29(35-30)26-18-7-4-11-31(27(18)42-38-26)12-5-9-23-24(31)19(15-32)28(33)43-23/h10,14,16-17,22H,4-9,11-13,33H2,1-3H3/t17-,22-,31-/m0/s1. The first-order valence-electron chi connectivity index (χ1n) is 15.2. The molecule has 3 aliphatic rings. The van der Waals surface area contributed by atoms with Crippen molar-refractivity contribution in [3.63, 3.8) is 0 Å². The minimum absolute atomic E-state index is 0.110. The molecule has 5 aromatic rings. The van der Waals surface area contributed by atoms with Crippen LogP contribution in [-0.4, -0.2) is 59.2 Å². The van der Waals surface area contributed by atoms with Crippen molar-refractivity contribution < 1.29 is 4.52 Å². The van der Waals surface area contributed by atoms with Gasteiger partial charge in [-0.1, -0.05) is 5.16 Å². The van der Waals surface area contributed by atoms with Crippen LogP contribution >= 0.6 is 11.3 Å². The molecule has 2 N–H and O–H groups in total. The Hall–Kier alpha value is -4.08. The summed E-state index contributed by atoms with van der Waals surface area (Å²) in [6.07, 6.45) is 11.7. The molecule has 0 bridgehead atoms. The van der Waals surface area contributed by atoms with E-state index in [0.717, 1.165) is 90.8 Å². The lowest BCUT2D eigenvalue weighted by molar-refractivity contribution is 0.232. The first-order chi connectivity index (χ1) is 20.9. The zero-order chi connectivity index (χ0) is 29.5. The molecule has 3 atom stereocenters. The number of thiophene rings is 1. The van der Waals surface area contributed by atoms with Gasteiger partial charge in [-0.25, -0.2) is 14.6 Å². The van der Waals surface area contributed by atoms with E-state index < -0.39 is 0 Å². The summed E-state index contributed by atoms with van der Waals surface area (Å²) in [5, 5.41) is 25.9. The van der Waals surface area contributed by atoms with Crippen molar-refractivity contribution in [2.45, 2.75) is 75.8 Å². The molecule has 1 saturated heterocycles. The van der Waals surface area contributed by atoms with Crippen molar-refractivity contribution in [2.75, 3.05) is 19.3 Å². The SMILES string of the molecule is C[C@@H]([C@@H]1CCCN1C)n1nc(-c2ccn(C)n2)c2cnc(-c3noc4c3CCC[C@@]43CCCc4sc(N)c(C#N)c43)nc21. The van der Waals surface area contributed by atoms with E-state index in [0.29, 0.717) is 28.1 Å². The highest BCUT2D eigenvalue weighted by atomic mass is 32.1. The largest absolute Gasteiger partial charge is 0.389 e. The number of nitrogens with two attached hydrogens (primary N) is 1. The first kappa shape index (κ1) is 26.5. The van der Waals surface area contributed by atoms with Gasteiger partial charge in [0.15, 0.2) is 22.9 Å². The molecule has 43 heavy (non-hydrogen) atoms. The second-order valence-electron chi connectivity index (χ2n) is 12.4. The number of fused-ring (bicyclic) bond motifs is 5. The summed E-state index contributed by atoms with van der Waals surface area (Å²) in [6.45, 7) is 3.31. The van der Waals surface area contributed by atoms with Gasteiger partial charge in [0.05, 0.1) is 22.4 Å². The molecule has 0 radical (unpaired) electrons. The average Bonchev–Trinajstić information content (AvgIpc) is 3.83. The maximum atomic E-state index is 10.1. The highest BCUT2D eigenvalue weighted by molar-refractivity contribution is 7.16. The fraction of sp³-hybridized carbons (Fsp3) is 0.484. The normalized spacial score (nSPS) is 22.6. The van der Waals surface area contributed by atoms with Crippen molar-refractivity contribution in [1.82, 2.24) is 39.6 Å². The molecule has 0 unspecified atom stereocenters. The van der Waals surface area contributed by atoms with E-state index in [9.17, 15) is 5.26 Å². The lowest BCUT2D eigenvalue weighted by Gasteiger charge is -2.39. The van der Waals surface area contributed by atoms with Gasteiger partial charge in [0, 0.05) is 35.9 Å². The molecule has 8 rings (SSSR count). The molecule has 6 heterocycles. The highest BCUT2D eigenvalue weighted by Gasteiger charge is 2.48. The third-order valence-electron chi connectivity index (χ3n) is 10.00. The van der Waals surface area contributed by atoms with E-state index >= 15 is 0 Å². The Morgan fingerprint density at radius 2 is 2.00 bits per heavy atom. The summed E-state index contributed by atoms with van der Waals surface area (Å²) in [6, 6.07) is 4.86. The Morgan fingerprint density at radius 3 is 2.74 bits per heavy atom. The van der Waals surface area contributed by atoms with Gasteiger partial charge in [0.1, 0.15) is 22.5 Å². The molecule has 0 saturated carbocycles. The van der Waals surface area contributed by atoms with Crippen LogP contribution in [-0.2, 0) is 25.3 Å². The predicted octanol–water partition coefficient (Wildman–Crippen LogP) is 5.01. The summed E-state index contributed by atoms with van der Waals surface area (Å²) in [5.74, 6) is 1.40. The Balaban J connectivity index is 1.28. The van der Waals surface area contributed by atoms with Crippen LogP contribution in [0.15, 0.2) is 23.0 Å². The third-order valence-corrected chi connectivity index (χ3v) is 11.1. The van der Waals surface area contributed by atoms with Gasteiger partial charge >= 0.3 is 0 Å². The molecule has 220 valence electrons. The molecular weight excluding hydrogens is 560 g/mol. The number of anilines is 1. The van der Waals surface area contributed by atoms with Gasteiger partial charge in [-0.05, 0) is 83.5 Å². The van der Waals surface area contributed by atoms with Gasteiger partial charge in [0.2, 0.25) is 0 Å². The summed E-state index contributed by atoms with van der Waals surface area (Å²) in [5.41, 5.74) is 11.7. The molecule has 0 amide bonds. The Bertz CT molecular complexity index is 1920. The molecule has 5 aromatic heterocycles. The number of nitrogens with zero attached hydrogens (tertiary/aromatic N) is 9. The van der Waals surface area contributed by atoms with Crippen LogP contribution in [0.25, 0.3) is 33.9 Å². The fourth-order valence-corrected chi connectivity index (χ4v) is 9.14. The number of aryl methyl sites for hydroxylation is 2. The van der Waals surface area contributed by atoms with Gasteiger partial charge in [-0.15, -0.1) is 11.3 Å². The van der Waals surface area contributed by atoms with E-state index in [1.165, 1.54) is 11.3 Å². The highest BCUT2D eigenvalue weighted by Crippen LogP contribution is 2.55. The van der Waals surface area contributed by atoms with Crippen molar-refractivity contribution >= 4 is 27.4 Å². The molecular formula is C31H34N10OS. The number of likely N-dealkylation sites (N-methyl/N-ethyl adjacent to an activating group) is 1. The lowest BCUT2D eigenvalue weighted by atomic mass is 9.63. The van der Waals surface area contributed by atoms with Crippen LogP contribution in [0.4, 0.5) is 5.00 Å². The van der Waals surface area contributed by atoms with E-state index in [2.05, 4.69) is 39.9 Å². The second kappa shape index (κ2) is 9.72. The molecule has 1 aliphatic heterocycles. The number of nitrogen functional groups attached to an aromatic ring is 1. The summed E-state index contributed by atoms with van der Waals surface area (Å²) < 4.78 is 10.1. The zero-order valence-corrected chi connectivity index (χ0v) is 25.5. The van der Waals surface area contributed by atoms with E-state index in [1.807, 2.05) is 25.5 Å². The number of rotatable bonds is 4. The lowest BCUT2D eigenvalue weighted by Crippen LogP contribution is -2.35. The Kier molecular flexibility index (Phi) is 6.00. The van der Waals surface area contributed by atoms with Crippen molar-refractivity contribution in [2.24, 2.45) is 7.05 Å². The summed E-state index contributed by atoms with van der Waals surface area (Å²) >= 11 is 1.55. The number of hydrogen-bond donors (Lipinski definition) is 1. The van der Waals surface area contributed by atoms with Gasteiger partial charge in [-0.3, -0.25) is 4.68 Å². The third kappa shape index (κ3) is 3.84. The van der Waals surface area contributed by atoms with Crippen LogP contribution < -0.4 is 5.73 Å². The number of aromatic nitrogens is 7. The van der Waals surface area contributed by atoms with E-state index in [4.69, 9.17) is 25.3 Å². The quantitative estimate of drug-likeness (QED) is 0.304. The Labute approximate surface area is 253 Å². The fourth-order valence-electron chi connectivity index (χ4n) is 7.98.